The van der Waals surface area contributed by atoms with Crippen LogP contribution in [0.2, 0.25) is 0 Å². The van der Waals surface area contributed by atoms with E-state index in [1.165, 1.54) is 58.4 Å². The van der Waals surface area contributed by atoms with Gasteiger partial charge in [0.2, 0.25) is 0 Å². The van der Waals surface area contributed by atoms with Crippen molar-refractivity contribution < 1.29 is 4.74 Å². The molecule has 3 nitrogen and oxygen atoms in total. The van der Waals surface area contributed by atoms with Gasteiger partial charge in [0.15, 0.2) is 0 Å². The zero-order valence-electron chi connectivity index (χ0n) is 10.2. The molecule has 3 rings (SSSR count). The highest BCUT2D eigenvalue weighted by Gasteiger charge is 2.43. The molecule has 3 fully saturated rings. The Labute approximate surface area is 98.5 Å². The molecule has 0 aromatic rings. The minimum atomic E-state index is 0.658. The first-order valence-corrected chi connectivity index (χ1v) is 6.87. The largest absolute Gasteiger partial charge is 0.381 e. The van der Waals surface area contributed by atoms with Gasteiger partial charge in [-0.2, -0.15) is 0 Å². The normalized spacial score (nSPS) is 31.5. The van der Waals surface area contributed by atoms with Gasteiger partial charge >= 0.3 is 0 Å². The Bertz CT molecular complexity index is 221. The molecular formula is C13H24N2O. The average molecular weight is 224 g/mol. The molecule has 3 saturated heterocycles. The highest BCUT2D eigenvalue weighted by molar-refractivity contribution is 4.96. The van der Waals surface area contributed by atoms with Crippen molar-refractivity contribution >= 4 is 0 Å². The summed E-state index contributed by atoms with van der Waals surface area (Å²) >= 11 is 0. The van der Waals surface area contributed by atoms with Crippen LogP contribution in [0, 0.1) is 11.3 Å². The van der Waals surface area contributed by atoms with E-state index in [9.17, 15) is 0 Å². The van der Waals surface area contributed by atoms with Gasteiger partial charge in [0.25, 0.3) is 0 Å². The van der Waals surface area contributed by atoms with Gasteiger partial charge in [0.05, 0.1) is 0 Å². The maximum atomic E-state index is 5.46. The van der Waals surface area contributed by atoms with Gasteiger partial charge in [-0.15, -0.1) is 0 Å². The van der Waals surface area contributed by atoms with Gasteiger partial charge < -0.3 is 15.0 Å². The maximum absolute atomic E-state index is 5.46. The Balaban J connectivity index is 1.42. The van der Waals surface area contributed by atoms with Gasteiger partial charge in [0, 0.05) is 38.3 Å². The summed E-state index contributed by atoms with van der Waals surface area (Å²) in [5.74, 6) is 0.957. The van der Waals surface area contributed by atoms with Crippen molar-refractivity contribution in [3.05, 3.63) is 0 Å². The quantitative estimate of drug-likeness (QED) is 0.760. The number of nitrogens with one attached hydrogen (secondary N) is 1. The molecule has 1 N–H and O–H groups in total. The van der Waals surface area contributed by atoms with E-state index < -0.39 is 0 Å². The Hall–Kier alpha value is -0.120. The molecule has 0 aromatic carbocycles. The SMILES string of the molecule is C1CC(CN2CC3(CCOCC3)C2)CCN1. The zero-order chi connectivity index (χ0) is 10.8. The zero-order valence-corrected chi connectivity index (χ0v) is 10.2. The van der Waals surface area contributed by atoms with E-state index >= 15 is 0 Å². The molecule has 0 radical (unpaired) electrons. The first-order valence-electron chi connectivity index (χ1n) is 6.87. The van der Waals surface area contributed by atoms with Crippen LogP contribution in [0.3, 0.4) is 0 Å². The van der Waals surface area contributed by atoms with Crippen molar-refractivity contribution in [2.75, 3.05) is 45.9 Å². The predicted molar refractivity (Wildman–Crippen MR) is 64.5 cm³/mol. The van der Waals surface area contributed by atoms with Crippen molar-refractivity contribution in [2.45, 2.75) is 25.7 Å². The van der Waals surface area contributed by atoms with Gasteiger partial charge in [-0.25, -0.2) is 0 Å². The van der Waals surface area contributed by atoms with E-state index in [0.717, 1.165) is 19.1 Å². The van der Waals surface area contributed by atoms with Gasteiger partial charge in [-0.05, 0) is 44.7 Å². The average Bonchev–Trinajstić information content (AvgIpc) is 2.30. The third kappa shape index (κ3) is 2.27. The van der Waals surface area contributed by atoms with E-state index in [0.29, 0.717) is 5.41 Å². The summed E-state index contributed by atoms with van der Waals surface area (Å²) in [6.45, 7) is 8.52. The molecule has 0 atom stereocenters. The maximum Gasteiger partial charge on any atom is 0.0472 e. The molecule has 16 heavy (non-hydrogen) atoms. The first-order chi connectivity index (χ1) is 7.86. The summed E-state index contributed by atoms with van der Waals surface area (Å²) in [5, 5.41) is 3.45. The molecule has 3 heterocycles. The van der Waals surface area contributed by atoms with Crippen molar-refractivity contribution in [1.82, 2.24) is 10.2 Å². The molecule has 1 spiro atoms. The van der Waals surface area contributed by atoms with E-state index in [4.69, 9.17) is 4.74 Å². The number of piperidine rings is 1. The molecule has 3 heteroatoms. The number of ether oxygens (including phenoxy) is 1. The lowest BCUT2D eigenvalue weighted by Crippen LogP contribution is -2.59. The Morgan fingerprint density at radius 3 is 2.50 bits per heavy atom. The number of hydrogen-bond donors (Lipinski definition) is 1. The molecule has 0 amide bonds. The number of hydrogen-bond acceptors (Lipinski definition) is 3. The lowest BCUT2D eigenvalue weighted by molar-refractivity contribution is -0.0860. The van der Waals surface area contributed by atoms with Crippen LogP contribution in [0.4, 0.5) is 0 Å². The van der Waals surface area contributed by atoms with Crippen LogP contribution in [0.5, 0.6) is 0 Å². The second kappa shape index (κ2) is 4.63. The van der Waals surface area contributed by atoms with Gasteiger partial charge in [-0.3, -0.25) is 0 Å². The smallest absolute Gasteiger partial charge is 0.0472 e. The van der Waals surface area contributed by atoms with Crippen molar-refractivity contribution in [3.63, 3.8) is 0 Å². The van der Waals surface area contributed by atoms with Gasteiger partial charge in [-0.1, -0.05) is 0 Å². The minimum absolute atomic E-state index is 0.658. The van der Waals surface area contributed by atoms with Crippen LogP contribution in [-0.4, -0.2) is 50.8 Å². The fraction of sp³-hybridized carbons (Fsp3) is 1.00. The number of rotatable bonds is 2. The highest BCUT2D eigenvalue weighted by Crippen LogP contribution is 2.40. The third-order valence-electron chi connectivity index (χ3n) is 4.65. The van der Waals surface area contributed by atoms with E-state index in [1.807, 2.05) is 0 Å². The molecular weight excluding hydrogens is 200 g/mol. The summed E-state index contributed by atoms with van der Waals surface area (Å²) in [6.07, 6.45) is 5.37. The Morgan fingerprint density at radius 2 is 1.81 bits per heavy atom. The lowest BCUT2D eigenvalue weighted by Gasteiger charge is -2.53. The molecule has 3 aliphatic rings. The molecule has 0 bridgehead atoms. The summed E-state index contributed by atoms with van der Waals surface area (Å²) in [4.78, 5) is 2.68. The fourth-order valence-electron chi connectivity index (χ4n) is 3.58. The van der Waals surface area contributed by atoms with Crippen LogP contribution in [0.25, 0.3) is 0 Å². The van der Waals surface area contributed by atoms with Crippen LogP contribution < -0.4 is 5.32 Å². The lowest BCUT2D eigenvalue weighted by atomic mass is 9.73. The Kier molecular flexibility index (Phi) is 3.18. The van der Waals surface area contributed by atoms with Crippen LogP contribution in [0.1, 0.15) is 25.7 Å². The number of nitrogens with zero attached hydrogens (tertiary/aromatic N) is 1. The Morgan fingerprint density at radius 1 is 1.12 bits per heavy atom. The molecule has 0 unspecified atom stereocenters. The summed E-state index contributed by atoms with van der Waals surface area (Å²) in [7, 11) is 0. The molecule has 0 aromatic heterocycles. The van der Waals surface area contributed by atoms with Crippen molar-refractivity contribution in [3.8, 4) is 0 Å². The fourth-order valence-corrected chi connectivity index (χ4v) is 3.58. The monoisotopic (exact) mass is 224 g/mol. The number of likely N-dealkylation sites (tertiary alicyclic amines) is 1. The van der Waals surface area contributed by atoms with Crippen LogP contribution in [0.15, 0.2) is 0 Å². The van der Waals surface area contributed by atoms with Crippen molar-refractivity contribution in [1.29, 1.82) is 0 Å². The van der Waals surface area contributed by atoms with Crippen LogP contribution in [-0.2, 0) is 4.74 Å². The van der Waals surface area contributed by atoms with E-state index in [-0.39, 0.29) is 0 Å². The molecule has 92 valence electrons. The first kappa shape index (κ1) is 11.0. The summed E-state index contributed by atoms with van der Waals surface area (Å²) < 4.78 is 5.46. The standard InChI is InChI=1S/C13H24N2O/c1-5-14-6-2-12(1)9-15-10-13(11-15)3-7-16-8-4-13/h12,14H,1-11H2. The molecule has 3 aliphatic heterocycles. The minimum Gasteiger partial charge on any atom is -0.381 e. The van der Waals surface area contributed by atoms with E-state index in [1.54, 1.807) is 0 Å². The third-order valence-corrected chi connectivity index (χ3v) is 4.65. The summed E-state index contributed by atoms with van der Waals surface area (Å²) in [5.41, 5.74) is 0.658. The van der Waals surface area contributed by atoms with Crippen LogP contribution >= 0.6 is 0 Å². The second-order valence-electron chi connectivity index (χ2n) is 5.98. The summed E-state index contributed by atoms with van der Waals surface area (Å²) in [6, 6.07) is 0. The van der Waals surface area contributed by atoms with Crippen molar-refractivity contribution in [2.24, 2.45) is 11.3 Å². The highest BCUT2D eigenvalue weighted by atomic mass is 16.5. The second-order valence-corrected chi connectivity index (χ2v) is 5.98. The predicted octanol–water partition coefficient (Wildman–Crippen LogP) is 1.10. The molecule has 0 aliphatic carbocycles. The van der Waals surface area contributed by atoms with E-state index in [2.05, 4.69) is 10.2 Å². The topological polar surface area (TPSA) is 24.5 Å². The van der Waals surface area contributed by atoms with Gasteiger partial charge in [0.1, 0.15) is 0 Å². The molecule has 0 saturated carbocycles.